The lowest BCUT2D eigenvalue weighted by molar-refractivity contribution is -0.146. The Morgan fingerprint density at radius 3 is 2.53 bits per heavy atom. The van der Waals surface area contributed by atoms with Crippen LogP contribution in [0.4, 0.5) is 5.69 Å². The smallest absolute Gasteiger partial charge is 0.321 e. The highest BCUT2D eigenvalue weighted by molar-refractivity contribution is 7.92. The van der Waals surface area contributed by atoms with Crippen molar-refractivity contribution in [1.29, 1.82) is 5.26 Å². The summed E-state index contributed by atoms with van der Waals surface area (Å²) in [6.07, 6.45) is 1.39. The Morgan fingerprint density at radius 1 is 1.20 bits per heavy atom. The maximum Gasteiger partial charge on any atom is 0.321 e. The first kappa shape index (κ1) is 23.1. The van der Waals surface area contributed by atoms with Gasteiger partial charge in [0.15, 0.2) is 6.61 Å². The Bertz CT molecular complexity index is 1110. The molecule has 2 rings (SSSR count). The molecular weight excluding hydrogens is 430 g/mol. The summed E-state index contributed by atoms with van der Waals surface area (Å²) < 4.78 is 30.6. The molecule has 1 amide bonds. The maximum absolute atomic E-state index is 11.9. The number of carbonyl (C=O) groups excluding carboxylic acids is 2. The van der Waals surface area contributed by atoms with E-state index in [1.54, 1.807) is 12.1 Å². The van der Waals surface area contributed by atoms with Crippen molar-refractivity contribution < 1.29 is 22.7 Å². The van der Waals surface area contributed by atoms with Gasteiger partial charge in [-0.3, -0.25) is 9.59 Å². The SMILES string of the molecule is Cc1ccc(C=CS(=O)(=O)NCC(=O)OCC(=O)Nc2ccc(C#N)c(Cl)c2)cc1. The molecule has 0 radical (unpaired) electrons. The number of nitrogens with one attached hydrogen (secondary N) is 2. The van der Waals surface area contributed by atoms with Crippen LogP contribution in [0.1, 0.15) is 16.7 Å². The monoisotopic (exact) mass is 447 g/mol. The molecule has 2 N–H and O–H groups in total. The summed E-state index contributed by atoms with van der Waals surface area (Å²) in [5, 5.41) is 12.4. The minimum Gasteiger partial charge on any atom is -0.455 e. The van der Waals surface area contributed by atoms with Crippen molar-refractivity contribution in [2.24, 2.45) is 0 Å². The molecule has 0 fully saturated rings. The van der Waals surface area contributed by atoms with Crippen LogP contribution in [0.25, 0.3) is 6.08 Å². The molecule has 10 heteroatoms. The van der Waals surface area contributed by atoms with Crippen LogP contribution in [0.3, 0.4) is 0 Å². The molecule has 0 saturated carbocycles. The topological polar surface area (TPSA) is 125 Å². The molecule has 0 heterocycles. The van der Waals surface area contributed by atoms with E-state index in [4.69, 9.17) is 21.6 Å². The van der Waals surface area contributed by atoms with E-state index in [1.807, 2.05) is 25.1 Å². The second kappa shape index (κ2) is 10.5. The van der Waals surface area contributed by atoms with Gasteiger partial charge in [-0.2, -0.15) is 5.26 Å². The number of nitriles is 1. The summed E-state index contributed by atoms with van der Waals surface area (Å²) in [4.78, 5) is 23.5. The number of nitrogens with zero attached hydrogens (tertiary/aromatic N) is 1. The van der Waals surface area contributed by atoms with Crippen LogP contribution >= 0.6 is 11.6 Å². The van der Waals surface area contributed by atoms with Gasteiger partial charge in [-0.15, -0.1) is 0 Å². The van der Waals surface area contributed by atoms with Crippen LogP contribution < -0.4 is 10.0 Å². The third-order valence-electron chi connectivity index (χ3n) is 3.67. The highest BCUT2D eigenvalue weighted by atomic mass is 35.5. The van der Waals surface area contributed by atoms with Gasteiger partial charge in [0, 0.05) is 11.1 Å². The molecule has 0 aliphatic rings. The second-order valence-electron chi connectivity index (χ2n) is 6.09. The molecule has 0 aromatic heterocycles. The lowest BCUT2D eigenvalue weighted by atomic mass is 10.2. The number of amides is 1. The van der Waals surface area contributed by atoms with E-state index in [2.05, 4.69) is 10.0 Å². The molecule has 30 heavy (non-hydrogen) atoms. The van der Waals surface area contributed by atoms with E-state index in [-0.39, 0.29) is 10.6 Å². The number of esters is 1. The Labute approximate surface area is 179 Å². The first-order chi connectivity index (χ1) is 14.2. The number of carbonyl (C=O) groups is 2. The molecule has 2 aromatic rings. The third kappa shape index (κ3) is 7.67. The number of aryl methyl sites for hydroxylation is 1. The number of hydrogen-bond acceptors (Lipinski definition) is 6. The summed E-state index contributed by atoms with van der Waals surface area (Å²) in [5.41, 5.74) is 2.31. The van der Waals surface area contributed by atoms with E-state index in [0.29, 0.717) is 11.3 Å². The number of sulfonamides is 1. The van der Waals surface area contributed by atoms with Crippen molar-refractivity contribution in [3.63, 3.8) is 0 Å². The van der Waals surface area contributed by atoms with Crippen LogP contribution in [0.15, 0.2) is 47.9 Å². The van der Waals surface area contributed by atoms with Crippen molar-refractivity contribution in [1.82, 2.24) is 4.72 Å². The van der Waals surface area contributed by atoms with Gasteiger partial charge in [0.1, 0.15) is 12.6 Å². The van der Waals surface area contributed by atoms with Gasteiger partial charge in [-0.25, -0.2) is 13.1 Å². The highest BCUT2D eigenvalue weighted by Crippen LogP contribution is 2.20. The van der Waals surface area contributed by atoms with Crippen molar-refractivity contribution >= 4 is 45.3 Å². The quantitative estimate of drug-likeness (QED) is 0.599. The molecular formula is C20H18ClN3O5S. The van der Waals surface area contributed by atoms with Gasteiger partial charge in [-0.05, 0) is 36.8 Å². The van der Waals surface area contributed by atoms with Gasteiger partial charge in [0.25, 0.3) is 5.91 Å². The standard InChI is InChI=1S/C20H18ClN3O5S/c1-14-2-4-15(5-3-14)8-9-30(27,28)23-12-20(26)29-13-19(25)24-17-7-6-16(11-22)18(21)10-17/h2-10,23H,12-13H2,1H3,(H,24,25). The van der Waals surface area contributed by atoms with Crippen molar-refractivity contribution in [3.8, 4) is 6.07 Å². The number of halogens is 1. The zero-order valence-electron chi connectivity index (χ0n) is 15.9. The maximum atomic E-state index is 11.9. The fourth-order valence-corrected chi connectivity index (χ4v) is 3.11. The number of benzene rings is 2. The van der Waals surface area contributed by atoms with Crippen LogP contribution in [0.5, 0.6) is 0 Å². The Balaban J connectivity index is 1.78. The minimum absolute atomic E-state index is 0.167. The number of rotatable bonds is 8. The molecule has 0 bridgehead atoms. The Morgan fingerprint density at radius 2 is 1.90 bits per heavy atom. The predicted molar refractivity (Wildman–Crippen MR) is 113 cm³/mol. The third-order valence-corrected chi connectivity index (χ3v) is 5.03. The number of ether oxygens (including phenoxy) is 1. The molecule has 0 aliphatic heterocycles. The minimum atomic E-state index is -3.86. The largest absolute Gasteiger partial charge is 0.455 e. The van der Waals surface area contributed by atoms with E-state index >= 15 is 0 Å². The summed E-state index contributed by atoms with van der Waals surface area (Å²) in [6.45, 7) is 0.672. The zero-order chi connectivity index (χ0) is 22.1. The molecule has 0 saturated heterocycles. The highest BCUT2D eigenvalue weighted by Gasteiger charge is 2.12. The summed E-state index contributed by atoms with van der Waals surface area (Å²) >= 11 is 5.87. The van der Waals surface area contributed by atoms with E-state index in [1.165, 1.54) is 24.3 Å². The van der Waals surface area contributed by atoms with Gasteiger partial charge >= 0.3 is 5.97 Å². The van der Waals surface area contributed by atoms with Crippen LogP contribution in [-0.4, -0.2) is 33.4 Å². The first-order valence-corrected chi connectivity index (χ1v) is 10.5. The van der Waals surface area contributed by atoms with E-state index < -0.39 is 35.1 Å². The van der Waals surface area contributed by atoms with Gasteiger partial charge in [0.05, 0.1) is 10.6 Å². The lowest BCUT2D eigenvalue weighted by Crippen LogP contribution is -2.31. The average molecular weight is 448 g/mol. The first-order valence-electron chi connectivity index (χ1n) is 8.58. The van der Waals surface area contributed by atoms with E-state index in [9.17, 15) is 18.0 Å². The van der Waals surface area contributed by atoms with Crippen molar-refractivity contribution in [2.75, 3.05) is 18.5 Å². The number of hydrogen-bond donors (Lipinski definition) is 2. The summed E-state index contributed by atoms with van der Waals surface area (Å²) in [5.74, 6) is -1.57. The van der Waals surface area contributed by atoms with Crippen LogP contribution in [0.2, 0.25) is 5.02 Å². The lowest BCUT2D eigenvalue weighted by Gasteiger charge is -2.07. The van der Waals surface area contributed by atoms with Gasteiger partial charge in [-0.1, -0.05) is 41.4 Å². The normalized spacial score (nSPS) is 11.1. The fourth-order valence-electron chi connectivity index (χ4n) is 2.13. The van der Waals surface area contributed by atoms with Crippen molar-refractivity contribution in [3.05, 3.63) is 69.6 Å². The number of anilines is 1. The van der Waals surface area contributed by atoms with Crippen LogP contribution in [0, 0.1) is 18.3 Å². The van der Waals surface area contributed by atoms with Gasteiger partial charge in [0.2, 0.25) is 10.0 Å². The molecule has 2 aromatic carbocycles. The molecule has 0 unspecified atom stereocenters. The van der Waals surface area contributed by atoms with Crippen LogP contribution in [-0.2, 0) is 24.3 Å². The van der Waals surface area contributed by atoms with E-state index in [0.717, 1.165) is 11.0 Å². The molecule has 8 nitrogen and oxygen atoms in total. The predicted octanol–water partition coefficient (Wildman–Crippen LogP) is 2.59. The second-order valence-corrected chi connectivity index (χ2v) is 8.15. The summed E-state index contributed by atoms with van der Waals surface area (Å²) in [7, 11) is -3.86. The molecule has 0 aliphatic carbocycles. The zero-order valence-corrected chi connectivity index (χ0v) is 17.5. The van der Waals surface area contributed by atoms with Gasteiger partial charge < -0.3 is 10.1 Å². The molecule has 0 spiro atoms. The fraction of sp³-hybridized carbons (Fsp3) is 0.150. The average Bonchev–Trinajstić information content (AvgIpc) is 2.70. The molecule has 0 atom stereocenters. The summed E-state index contributed by atoms with van der Waals surface area (Å²) in [6, 6.07) is 13.4. The van der Waals surface area contributed by atoms with Crippen molar-refractivity contribution in [2.45, 2.75) is 6.92 Å². The Hall–Kier alpha value is -3.19. The Kier molecular flexibility index (Phi) is 8.12. The molecule has 156 valence electrons.